The number of anilines is 1. The zero-order valence-electron chi connectivity index (χ0n) is 11.2. The van der Waals surface area contributed by atoms with Crippen molar-refractivity contribution in [1.29, 1.82) is 0 Å². The number of aromatic nitrogens is 1. The molecule has 1 saturated carbocycles. The Bertz CT molecular complexity index is 477. The molecule has 0 aromatic carbocycles. The largest absolute Gasteiger partial charge is 0.395 e. The first kappa shape index (κ1) is 14.7. The summed E-state index contributed by atoms with van der Waals surface area (Å²) in [6, 6.07) is 1.40. The molecule has 1 amide bonds. The van der Waals surface area contributed by atoms with Crippen molar-refractivity contribution in [2.75, 3.05) is 18.6 Å². The standard InChI is InChI=1S/C13H19FN4O2/c14-11-10(5-6-16-12(11)17-15)13(20)18(7-8-19)9-3-1-2-4-9/h5-6,9,19H,1-4,7-8,15H2,(H,16,17). The Morgan fingerprint density at radius 3 is 2.85 bits per heavy atom. The van der Waals surface area contributed by atoms with Gasteiger partial charge >= 0.3 is 0 Å². The molecule has 110 valence electrons. The Labute approximate surface area is 116 Å². The Hall–Kier alpha value is -1.73. The van der Waals surface area contributed by atoms with E-state index in [1.807, 2.05) is 0 Å². The quantitative estimate of drug-likeness (QED) is 0.551. The fourth-order valence-corrected chi connectivity index (χ4v) is 2.64. The zero-order valence-corrected chi connectivity index (χ0v) is 11.2. The maximum atomic E-state index is 14.1. The van der Waals surface area contributed by atoms with Crippen molar-refractivity contribution in [3.8, 4) is 0 Å². The van der Waals surface area contributed by atoms with E-state index in [1.165, 1.54) is 12.3 Å². The molecule has 1 fully saturated rings. The second-order valence-electron chi connectivity index (χ2n) is 4.83. The molecule has 6 nitrogen and oxygen atoms in total. The molecule has 20 heavy (non-hydrogen) atoms. The Morgan fingerprint density at radius 1 is 1.55 bits per heavy atom. The maximum absolute atomic E-state index is 14.1. The average molecular weight is 282 g/mol. The van der Waals surface area contributed by atoms with Crippen LogP contribution >= 0.6 is 0 Å². The highest BCUT2D eigenvalue weighted by Gasteiger charge is 2.29. The van der Waals surface area contributed by atoms with E-state index in [-0.39, 0.29) is 30.6 Å². The molecule has 0 bridgehead atoms. The van der Waals surface area contributed by atoms with E-state index in [1.54, 1.807) is 4.90 Å². The van der Waals surface area contributed by atoms with Crippen LogP contribution in [0.1, 0.15) is 36.0 Å². The molecular formula is C13H19FN4O2. The molecule has 1 aliphatic carbocycles. The van der Waals surface area contributed by atoms with Gasteiger partial charge < -0.3 is 15.4 Å². The second-order valence-corrected chi connectivity index (χ2v) is 4.83. The first-order valence-corrected chi connectivity index (χ1v) is 6.72. The number of pyridine rings is 1. The predicted molar refractivity (Wildman–Crippen MR) is 72.4 cm³/mol. The van der Waals surface area contributed by atoms with Crippen LogP contribution in [0, 0.1) is 5.82 Å². The summed E-state index contributed by atoms with van der Waals surface area (Å²) in [6.07, 6.45) is 5.21. The maximum Gasteiger partial charge on any atom is 0.257 e. The van der Waals surface area contributed by atoms with Crippen molar-refractivity contribution in [3.63, 3.8) is 0 Å². The predicted octanol–water partition coefficient (Wildman–Crippen LogP) is 0.883. The van der Waals surface area contributed by atoms with Gasteiger partial charge in [-0.15, -0.1) is 0 Å². The number of aliphatic hydroxyl groups excluding tert-OH is 1. The molecular weight excluding hydrogens is 263 g/mol. The van der Waals surface area contributed by atoms with Crippen LogP contribution in [0.4, 0.5) is 10.2 Å². The molecule has 1 heterocycles. The molecule has 0 aliphatic heterocycles. The first-order valence-electron chi connectivity index (χ1n) is 6.72. The first-order chi connectivity index (χ1) is 9.69. The SMILES string of the molecule is NNc1nccc(C(=O)N(CCO)C2CCCC2)c1F. The Morgan fingerprint density at radius 2 is 2.25 bits per heavy atom. The van der Waals surface area contributed by atoms with Crippen LogP contribution in [0.5, 0.6) is 0 Å². The number of nitrogens with one attached hydrogen (secondary N) is 1. The molecule has 1 aromatic rings. The molecule has 0 radical (unpaired) electrons. The smallest absolute Gasteiger partial charge is 0.257 e. The molecule has 1 aliphatic rings. The highest BCUT2D eigenvalue weighted by molar-refractivity contribution is 5.95. The van der Waals surface area contributed by atoms with Gasteiger partial charge in [0.2, 0.25) is 0 Å². The lowest BCUT2D eigenvalue weighted by Gasteiger charge is -2.28. The number of carbonyl (C=O) groups is 1. The van der Waals surface area contributed by atoms with Crippen molar-refractivity contribution in [2.24, 2.45) is 5.84 Å². The summed E-state index contributed by atoms with van der Waals surface area (Å²) in [7, 11) is 0. The highest BCUT2D eigenvalue weighted by Crippen LogP contribution is 2.26. The number of rotatable bonds is 5. The number of nitrogens with two attached hydrogens (primary N) is 1. The molecule has 7 heteroatoms. The van der Waals surface area contributed by atoms with Crippen LogP contribution in [0.25, 0.3) is 0 Å². The van der Waals surface area contributed by atoms with Crippen molar-refractivity contribution in [2.45, 2.75) is 31.7 Å². The van der Waals surface area contributed by atoms with Crippen LogP contribution in [0.3, 0.4) is 0 Å². The van der Waals surface area contributed by atoms with Gasteiger partial charge in [-0.3, -0.25) is 4.79 Å². The van der Waals surface area contributed by atoms with Crippen molar-refractivity contribution in [1.82, 2.24) is 9.88 Å². The Balaban J connectivity index is 2.27. The number of nitrogens with zero attached hydrogens (tertiary/aromatic N) is 2. The van der Waals surface area contributed by atoms with E-state index in [4.69, 9.17) is 10.9 Å². The number of hydrogen-bond donors (Lipinski definition) is 3. The van der Waals surface area contributed by atoms with Gasteiger partial charge in [0, 0.05) is 18.8 Å². The topological polar surface area (TPSA) is 91.5 Å². The van der Waals surface area contributed by atoms with E-state index < -0.39 is 11.7 Å². The number of aliphatic hydroxyl groups is 1. The molecule has 0 saturated heterocycles. The molecule has 0 atom stereocenters. The van der Waals surface area contributed by atoms with Gasteiger partial charge in [-0.1, -0.05) is 12.8 Å². The minimum Gasteiger partial charge on any atom is -0.395 e. The number of carbonyl (C=O) groups excluding carboxylic acids is 1. The van der Waals surface area contributed by atoms with Crippen molar-refractivity contribution >= 4 is 11.7 Å². The third kappa shape index (κ3) is 2.88. The third-order valence-electron chi connectivity index (χ3n) is 3.62. The molecule has 2 rings (SSSR count). The van der Waals surface area contributed by atoms with Gasteiger partial charge in [-0.05, 0) is 18.9 Å². The van der Waals surface area contributed by atoms with E-state index in [9.17, 15) is 9.18 Å². The van der Waals surface area contributed by atoms with Gasteiger partial charge in [-0.25, -0.2) is 15.2 Å². The lowest BCUT2D eigenvalue weighted by molar-refractivity contribution is 0.0633. The van der Waals surface area contributed by atoms with Gasteiger partial charge in [0.1, 0.15) is 0 Å². The van der Waals surface area contributed by atoms with E-state index in [2.05, 4.69) is 10.4 Å². The highest BCUT2D eigenvalue weighted by atomic mass is 19.1. The summed E-state index contributed by atoms with van der Waals surface area (Å²) in [5.74, 6) is 3.81. The molecule has 0 spiro atoms. The van der Waals surface area contributed by atoms with Crippen molar-refractivity contribution in [3.05, 3.63) is 23.6 Å². The lowest BCUT2D eigenvalue weighted by atomic mass is 10.1. The Kier molecular flexibility index (Phi) is 4.86. The molecule has 1 aromatic heterocycles. The summed E-state index contributed by atoms with van der Waals surface area (Å²) in [5.41, 5.74) is 2.05. The van der Waals surface area contributed by atoms with Crippen LogP contribution in [-0.2, 0) is 0 Å². The lowest BCUT2D eigenvalue weighted by Crippen LogP contribution is -2.41. The number of amides is 1. The average Bonchev–Trinajstić information content (AvgIpc) is 2.98. The van der Waals surface area contributed by atoms with E-state index in [0.29, 0.717) is 0 Å². The minimum absolute atomic E-state index is 0.0662. The zero-order chi connectivity index (χ0) is 14.5. The normalized spacial score (nSPS) is 15.3. The monoisotopic (exact) mass is 282 g/mol. The number of nitrogen functional groups attached to an aromatic ring is 1. The van der Waals surface area contributed by atoms with Gasteiger partial charge in [0.25, 0.3) is 5.91 Å². The minimum atomic E-state index is -0.763. The van der Waals surface area contributed by atoms with Crippen LogP contribution in [-0.4, -0.2) is 40.1 Å². The molecule has 0 unspecified atom stereocenters. The van der Waals surface area contributed by atoms with Gasteiger partial charge in [0.15, 0.2) is 11.6 Å². The van der Waals surface area contributed by atoms with Gasteiger partial charge in [-0.2, -0.15) is 0 Å². The second kappa shape index (κ2) is 6.62. The number of hydrazine groups is 1. The van der Waals surface area contributed by atoms with Crippen LogP contribution in [0.2, 0.25) is 0 Å². The third-order valence-corrected chi connectivity index (χ3v) is 3.62. The fraction of sp³-hybridized carbons (Fsp3) is 0.538. The number of halogens is 1. The van der Waals surface area contributed by atoms with E-state index >= 15 is 0 Å². The number of hydrogen-bond acceptors (Lipinski definition) is 5. The summed E-state index contributed by atoms with van der Waals surface area (Å²) >= 11 is 0. The summed E-state index contributed by atoms with van der Waals surface area (Å²) in [6.45, 7) is 0.0631. The summed E-state index contributed by atoms with van der Waals surface area (Å²) in [5, 5.41) is 9.13. The molecule has 4 N–H and O–H groups in total. The van der Waals surface area contributed by atoms with Crippen LogP contribution < -0.4 is 11.3 Å². The van der Waals surface area contributed by atoms with Crippen LogP contribution in [0.15, 0.2) is 12.3 Å². The van der Waals surface area contributed by atoms with Gasteiger partial charge in [0.05, 0.1) is 12.2 Å². The summed E-state index contributed by atoms with van der Waals surface area (Å²) < 4.78 is 14.1. The fourth-order valence-electron chi connectivity index (χ4n) is 2.64. The summed E-state index contributed by atoms with van der Waals surface area (Å²) in [4.78, 5) is 17.7. The van der Waals surface area contributed by atoms with Crippen molar-refractivity contribution < 1.29 is 14.3 Å². The van der Waals surface area contributed by atoms with E-state index in [0.717, 1.165) is 25.7 Å².